The maximum Gasteiger partial charge on any atom is 0.289 e. The lowest BCUT2D eigenvalue weighted by Gasteiger charge is -2.21. The predicted octanol–water partition coefficient (Wildman–Crippen LogP) is 5.10. The molecule has 304 valence electrons. The van der Waals surface area contributed by atoms with Gasteiger partial charge in [0.25, 0.3) is 31.4 Å². The monoisotopic (exact) mass is 861 g/mol. The third-order valence-electron chi connectivity index (χ3n) is 7.50. The number of nitrogens with one attached hydrogen (secondary N) is 5. The van der Waals surface area contributed by atoms with Crippen molar-refractivity contribution in [2.75, 3.05) is 55.3 Å². The highest BCUT2D eigenvalue weighted by atomic mass is 32.2. The van der Waals surface area contributed by atoms with Gasteiger partial charge >= 0.3 is 0 Å². The minimum Gasteiger partial charge on any atom is -0.361 e. The minimum absolute atomic E-state index is 0.0114. The number of anilines is 4. The highest BCUT2D eigenvalue weighted by Gasteiger charge is 2.33. The largest absolute Gasteiger partial charge is 0.361 e. The van der Waals surface area contributed by atoms with Crippen LogP contribution in [0.25, 0.3) is 0 Å². The van der Waals surface area contributed by atoms with E-state index >= 15 is 0 Å². The molecule has 4 rings (SSSR count). The average molecular weight is 862 g/mol. The summed E-state index contributed by atoms with van der Waals surface area (Å²) in [6, 6.07) is 24.4. The molecule has 0 unspecified atom stereocenters. The van der Waals surface area contributed by atoms with E-state index in [9.17, 15) is 37.1 Å². The summed E-state index contributed by atoms with van der Waals surface area (Å²) in [4.78, 5) is 30.9. The fourth-order valence-corrected chi connectivity index (χ4v) is 8.33. The zero-order valence-corrected chi connectivity index (χ0v) is 33.8. The van der Waals surface area contributed by atoms with E-state index in [-0.39, 0.29) is 49.6 Å². The molecular formula is C34H39N9O10S4. The van der Waals surface area contributed by atoms with E-state index in [1.165, 1.54) is 24.3 Å². The summed E-state index contributed by atoms with van der Waals surface area (Å²) in [6.45, 7) is 2.92. The molecule has 19 nitrogen and oxygen atoms in total. The van der Waals surface area contributed by atoms with Gasteiger partial charge in [0.2, 0.25) is 0 Å². The van der Waals surface area contributed by atoms with Crippen LogP contribution in [0.5, 0.6) is 0 Å². The van der Waals surface area contributed by atoms with Crippen molar-refractivity contribution >= 4 is 88.8 Å². The fraction of sp³-hybridized carbons (Fsp3) is 0.235. The molecule has 0 atom stereocenters. The lowest BCUT2D eigenvalue weighted by atomic mass is 10.2. The number of para-hydroxylation sites is 2. The van der Waals surface area contributed by atoms with Crippen molar-refractivity contribution in [3.05, 3.63) is 117 Å². The zero-order valence-electron chi connectivity index (χ0n) is 30.5. The van der Waals surface area contributed by atoms with E-state index in [1.807, 2.05) is 24.3 Å². The van der Waals surface area contributed by atoms with Crippen LogP contribution >= 0.6 is 24.4 Å². The molecule has 0 aliphatic rings. The Morgan fingerprint density at radius 2 is 0.930 bits per heavy atom. The van der Waals surface area contributed by atoms with Gasteiger partial charge in [0.05, 0.1) is 36.1 Å². The molecule has 0 fully saturated rings. The summed E-state index contributed by atoms with van der Waals surface area (Å²) in [5, 5.41) is 38.3. The third kappa shape index (κ3) is 12.3. The Labute approximate surface area is 339 Å². The van der Waals surface area contributed by atoms with Crippen LogP contribution in [0, 0.1) is 20.2 Å². The fourth-order valence-electron chi connectivity index (χ4n) is 4.98. The standard InChI is InChI=1S/C34H39N9O10S4/c1-3-52-40(56(48,49)31-11-7-5-9-29(31)42(44)45)23-21-35-33(54)38-27-17-13-25(14-18-27)37-26-15-19-28(20-16-26)39-34(55)36-22-24-41(53-4-2)57(50,51)32-12-8-6-10-30(32)43(46)47/h5-20,37H,3-4,21-24H2,1-2H3,(H2,35,38,54)(H2,36,39,55). The number of hydrogen-bond acceptors (Lipinski definition) is 13. The van der Waals surface area contributed by atoms with Gasteiger partial charge in [-0.15, -0.1) is 0 Å². The molecule has 5 N–H and O–H groups in total. The number of sulfonamides is 2. The molecule has 4 aromatic rings. The Kier molecular flexibility index (Phi) is 16.1. The number of benzene rings is 4. The summed E-state index contributed by atoms with van der Waals surface area (Å²) in [6.07, 6.45) is 0. The molecule has 0 saturated carbocycles. The molecule has 57 heavy (non-hydrogen) atoms. The van der Waals surface area contributed by atoms with E-state index in [4.69, 9.17) is 34.1 Å². The first kappa shape index (κ1) is 44.3. The van der Waals surface area contributed by atoms with Gasteiger partial charge in [-0.3, -0.25) is 29.9 Å². The smallest absolute Gasteiger partial charge is 0.289 e. The molecule has 0 aromatic heterocycles. The molecule has 0 heterocycles. The maximum atomic E-state index is 13.2. The molecule has 0 radical (unpaired) electrons. The summed E-state index contributed by atoms with van der Waals surface area (Å²) in [5.74, 6) is 0. The van der Waals surface area contributed by atoms with Crippen molar-refractivity contribution in [1.82, 2.24) is 19.6 Å². The molecular weight excluding hydrogens is 823 g/mol. The number of hydrogen-bond donors (Lipinski definition) is 5. The first-order valence-electron chi connectivity index (χ1n) is 17.0. The molecule has 0 saturated heterocycles. The lowest BCUT2D eigenvalue weighted by Crippen LogP contribution is -2.40. The third-order valence-corrected chi connectivity index (χ3v) is 11.4. The van der Waals surface area contributed by atoms with Crippen molar-refractivity contribution in [1.29, 1.82) is 0 Å². The Bertz CT molecular complexity index is 2110. The molecule has 0 spiro atoms. The Morgan fingerprint density at radius 1 is 0.596 bits per heavy atom. The van der Waals surface area contributed by atoms with Crippen molar-refractivity contribution in [2.45, 2.75) is 23.6 Å². The van der Waals surface area contributed by atoms with Crippen LogP contribution in [-0.2, 0) is 29.7 Å². The van der Waals surface area contributed by atoms with Crippen molar-refractivity contribution in [3.63, 3.8) is 0 Å². The van der Waals surface area contributed by atoms with Crippen LogP contribution in [0.4, 0.5) is 34.1 Å². The second kappa shape index (κ2) is 20.7. The number of nitrogens with zero attached hydrogens (tertiary/aromatic N) is 4. The zero-order chi connectivity index (χ0) is 41.6. The van der Waals surface area contributed by atoms with Gasteiger partial charge in [0.15, 0.2) is 20.0 Å². The Hall–Kier alpha value is -5.40. The predicted molar refractivity (Wildman–Crippen MR) is 222 cm³/mol. The van der Waals surface area contributed by atoms with Gasteiger partial charge in [0, 0.05) is 48.0 Å². The van der Waals surface area contributed by atoms with Gasteiger partial charge in [-0.1, -0.05) is 33.2 Å². The second-order valence-electron chi connectivity index (χ2n) is 11.4. The molecule has 23 heteroatoms. The number of hydroxylamine groups is 2. The van der Waals surface area contributed by atoms with Gasteiger partial charge < -0.3 is 26.6 Å². The number of thiocarbonyl (C=S) groups is 2. The average Bonchev–Trinajstić information content (AvgIpc) is 3.18. The number of rotatable bonds is 20. The van der Waals surface area contributed by atoms with Crippen LogP contribution in [0.1, 0.15) is 13.8 Å². The quantitative estimate of drug-likeness (QED) is 0.0441. The Balaban J connectivity index is 1.23. The van der Waals surface area contributed by atoms with Gasteiger partial charge in [0.1, 0.15) is 0 Å². The SMILES string of the molecule is CCON(CCNC(=S)Nc1ccc(Nc2ccc(NC(=S)NCCN(OCC)S(=O)(=O)c3ccccc3[N+](=O)[O-])cc2)cc1)S(=O)(=O)c1ccccc1[N+](=O)[O-]. The minimum atomic E-state index is -4.35. The first-order valence-corrected chi connectivity index (χ1v) is 20.7. The lowest BCUT2D eigenvalue weighted by molar-refractivity contribution is -0.388. The van der Waals surface area contributed by atoms with E-state index in [2.05, 4.69) is 26.6 Å². The van der Waals surface area contributed by atoms with Gasteiger partial charge in [-0.05, 0) is 98.9 Å². The Morgan fingerprint density at radius 3 is 1.26 bits per heavy atom. The summed E-state index contributed by atoms with van der Waals surface area (Å²) >= 11 is 10.7. The second-order valence-corrected chi connectivity index (χ2v) is 15.8. The van der Waals surface area contributed by atoms with Crippen LogP contribution in [0.2, 0.25) is 0 Å². The van der Waals surface area contributed by atoms with E-state index in [1.54, 1.807) is 38.1 Å². The van der Waals surface area contributed by atoms with Gasteiger partial charge in [-0.2, -0.15) is 0 Å². The topological polar surface area (TPSA) is 240 Å². The van der Waals surface area contributed by atoms with Crippen molar-refractivity contribution in [3.8, 4) is 0 Å². The maximum absolute atomic E-state index is 13.2. The van der Waals surface area contributed by atoms with Crippen LogP contribution < -0.4 is 26.6 Å². The highest BCUT2D eigenvalue weighted by molar-refractivity contribution is 7.89. The van der Waals surface area contributed by atoms with E-state index < -0.39 is 51.1 Å². The number of nitro benzene ring substituents is 2. The number of nitro groups is 2. The summed E-state index contributed by atoms with van der Waals surface area (Å²) in [7, 11) is -8.69. The van der Waals surface area contributed by atoms with Crippen LogP contribution in [0.3, 0.4) is 0 Å². The molecule has 4 aromatic carbocycles. The normalized spacial score (nSPS) is 11.5. The highest BCUT2D eigenvalue weighted by Crippen LogP contribution is 2.28. The van der Waals surface area contributed by atoms with E-state index in [0.29, 0.717) is 20.3 Å². The van der Waals surface area contributed by atoms with Crippen molar-refractivity contribution < 1.29 is 36.4 Å². The van der Waals surface area contributed by atoms with Crippen LogP contribution in [0.15, 0.2) is 107 Å². The first-order chi connectivity index (χ1) is 27.2. The molecule has 0 amide bonds. The summed E-state index contributed by atoms with van der Waals surface area (Å²) < 4.78 is 54.0. The van der Waals surface area contributed by atoms with E-state index in [0.717, 1.165) is 35.6 Å². The van der Waals surface area contributed by atoms with Gasteiger partial charge in [-0.25, -0.2) is 16.8 Å². The molecule has 0 aliphatic heterocycles. The molecule has 0 aliphatic carbocycles. The molecule has 0 bridgehead atoms. The summed E-state index contributed by atoms with van der Waals surface area (Å²) in [5.41, 5.74) is 1.70. The van der Waals surface area contributed by atoms with Crippen molar-refractivity contribution in [2.24, 2.45) is 0 Å². The van der Waals surface area contributed by atoms with Crippen LogP contribution in [-0.4, -0.2) is 85.2 Å².